The van der Waals surface area contributed by atoms with Crippen LogP contribution in [0.1, 0.15) is 56.8 Å². The zero-order valence-electron chi connectivity index (χ0n) is 19.3. The summed E-state index contributed by atoms with van der Waals surface area (Å²) in [5.74, 6) is 0.421. The zero-order valence-corrected chi connectivity index (χ0v) is 21.0. The van der Waals surface area contributed by atoms with Crippen LogP contribution in [-0.4, -0.2) is 43.3 Å². The summed E-state index contributed by atoms with van der Waals surface area (Å²) in [5.41, 5.74) is 1.14. The van der Waals surface area contributed by atoms with Crippen molar-refractivity contribution >= 4 is 42.6 Å². The van der Waals surface area contributed by atoms with Gasteiger partial charge >= 0.3 is 0 Å². The largest absolute Gasteiger partial charge is 0.494 e. The summed E-state index contributed by atoms with van der Waals surface area (Å²) in [6, 6.07) is 11.8. The van der Waals surface area contributed by atoms with Crippen molar-refractivity contribution in [3.05, 3.63) is 48.0 Å². The molecule has 7 nitrogen and oxygen atoms in total. The number of fused-ring (bicyclic) bond motifs is 1. The van der Waals surface area contributed by atoms with Crippen LogP contribution in [-0.2, 0) is 10.0 Å². The van der Waals surface area contributed by atoms with Gasteiger partial charge in [-0.15, -0.1) is 0 Å². The van der Waals surface area contributed by atoms with E-state index in [2.05, 4.69) is 24.1 Å². The van der Waals surface area contributed by atoms with Crippen LogP contribution >= 0.6 is 11.3 Å². The summed E-state index contributed by atoms with van der Waals surface area (Å²) >= 11 is 1.26. The number of thiazole rings is 1. The fraction of sp³-hybridized carbons (Fsp3) is 0.417. The Bertz CT molecular complexity index is 1170. The van der Waals surface area contributed by atoms with Crippen LogP contribution in [0.25, 0.3) is 10.2 Å². The molecule has 0 aliphatic rings. The van der Waals surface area contributed by atoms with Crippen molar-refractivity contribution < 1.29 is 17.9 Å². The zero-order chi connectivity index (χ0) is 23.8. The predicted molar refractivity (Wildman–Crippen MR) is 134 cm³/mol. The second-order valence-corrected chi connectivity index (χ2v) is 10.6. The minimum absolute atomic E-state index is 0.259. The Morgan fingerprint density at radius 3 is 2.30 bits per heavy atom. The first kappa shape index (κ1) is 25.1. The summed E-state index contributed by atoms with van der Waals surface area (Å²) in [5, 5.41) is 3.23. The molecule has 0 unspecified atom stereocenters. The molecule has 0 radical (unpaired) electrons. The highest BCUT2D eigenvalue weighted by Gasteiger charge is 2.24. The molecule has 1 aromatic heterocycles. The number of sulfonamides is 1. The van der Waals surface area contributed by atoms with E-state index in [1.165, 1.54) is 11.3 Å². The molecular weight excluding hydrogens is 458 g/mol. The molecule has 1 heterocycles. The molecule has 1 amide bonds. The Morgan fingerprint density at radius 2 is 1.70 bits per heavy atom. The number of amides is 1. The SMILES string of the molecule is CCCCN(CCCC)S(=O)(=O)c1ccc2nc(NC(=O)c3ccc(OCC)cc3)sc2c1. The quantitative estimate of drug-likeness (QED) is 0.361. The second-order valence-electron chi connectivity index (χ2n) is 7.67. The maximum Gasteiger partial charge on any atom is 0.257 e. The lowest BCUT2D eigenvalue weighted by atomic mass is 10.2. The van der Waals surface area contributed by atoms with Gasteiger partial charge in [0, 0.05) is 18.7 Å². The van der Waals surface area contributed by atoms with Gasteiger partial charge in [-0.1, -0.05) is 38.0 Å². The van der Waals surface area contributed by atoms with E-state index in [9.17, 15) is 13.2 Å². The van der Waals surface area contributed by atoms with Crippen molar-refractivity contribution in [1.29, 1.82) is 0 Å². The number of aromatic nitrogens is 1. The van der Waals surface area contributed by atoms with E-state index in [-0.39, 0.29) is 10.8 Å². The van der Waals surface area contributed by atoms with Crippen LogP contribution in [0.3, 0.4) is 0 Å². The van der Waals surface area contributed by atoms with E-state index < -0.39 is 10.0 Å². The lowest BCUT2D eigenvalue weighted by Gasteiger charge is -2.21. The molecule has 0 bridgehead atoms. The Kier molecular flexibility index (Phi) is 8.82. The van der Waals surface area contributed by atoms with Gasteiger partial charge in [0.25, 0.3) is 5.91 Å². The van der Waals surface area contributed by atoms with E-state index in [1.807, 2.05) is 6.92 Å². The Labute approximate surface area is 199 Å². The van der Waals surface area contributed by atoms with Crippen molar-refractivity contribution in [1.82, 2.24) is 9.29 Å². The number of unbranched alkanes of at least 4 members (excludes halogenated alkanes) is 2. The van der Waals surface area contributed by atoms with E-state index in [1.54, 1.807) is 46.8 Å². The van der Waals surface area contributed by atoms with Crippen molar-refractivity contribution in [2.45, 2.75) is 51.3 Å². The molecular formula is C24H31N3O4S2. The van der Waals surface area contributed by atoms with Gasteiger partial charge in [-0.05, 0) is 62.2 Å². The molecule has 0 atom stereocenters. The highest BCUT2D eigenvalue weighted by molar-refractivity contribution is 7.89. The monoisotopic (exact) mass is 489 g/mol. The van der Waals surface area contributed by atoms with Crippen molar-refractivity contribution in [2.24, 2.45) is 0 Å². The normalized spacial score (nSPS) is 11.8. The minimum Gasteiger partial charge on any atom is -0.494 e. The number of rotatable bonds is 12. The maximum absolute atomic E-state index is 13.3. The molecule has 3 rings (SSSR count). The third-order valence-corrected chi connectivity index (χ3v) is 8.00. The van der Waals surface area contributed by atoms with E-state index >= 15 is 0 Å². The molecule has 0 fully saturated rings. The number of nitrogens with zero attached hydrogens (tertiary/aromatic N) is 2. The highest BCUT2D eigenvalue weighted by Crippen LogP contribution is 2.30. The topological polar surface area (TPSA) is 88.6 Å². The third kappa shape index (κ3) is 6.31. The van der Waals surface area contributed by atoms with Gasteiger partial charge in [-0.2, -0.15) is 4.31 Å². The first-order valence-electron chi connectivity index (χ1n) is 11.3. The minimum atomic E-state index is -3.59. The van der Waals surface area contributed by atoms with E-state index in [0.29, 0.717) is 46.4 Å². The number of benzene rings is 2. The van der Waals surface area contributed by atoms with Crippen molar-refractivity contribution in [3.63, 3.8) is 0 Å². The van der Waals surface area contributed by atoms with Gasteiger partial charge in [-0.25, -0.2) is 13.4 Å². The molecule has 0 aliphatic carbocycles. The van der Waals surface area contributed by atoms with Gasteiger partial charge in [-0.3, -0.25) is 10.1 Å². The number of carbonyl (C=O) groups excluding carboxylic acids is 1. The van der Waals surface area contributed by atoms with Gasteiger partial charge in [0.15, 0.2) is 5.13 Å². The average Bonchev–Trinajstić information content (AvgIpc) is 3.21. The van der Waals surface area contributed by atoms with Crippen LogP contribution in [0.4, 0.5) is 5.13 Å². The average molecular weight is 490 g/mol. The molecule has 3 aromatic rings. The Hall–Kier alpha value is -2.49. The highest BCUT2D eigenvalue weighted by atomic mass is 32.2. The maximum atomic E-state index is 13.3. The number of anilines is 1. The van der Waals surface area contributed by atoms with Gasteiger partial charge in [0.05, 0.1) is 21.7 Å². The first-order valence-corrected chi connectivity index (χ1v) is 13.6. The number of hydrogen-bond donors (Lipinski definition) is 1. The van der Waals surface area contributed by atoms with Crippen molar-refractivity contribution in [3.8, 4) is 5.75 Å². The summed E-state index contributed by atoms with van der Waals surface area (Å²) in [4.78, 5) is 17.3. The Morgan fingerprint density at radius 1 is 1.03 bits per heavy atom. The lowest BCUT2D eigenvalue weighted by Crippen LogP contribution is -2.33. The van der Waals surface area contributed by atoms with Gasteiger partial charge < -0.3 is 4.74 Å². The van der Waals surface area contributed by atoms with Crippen LogP contribution < -0.4 is 10.1 Å². The standard InChI is InChI=1S/C24H31N3O4S2/c1-4-7-15-27(16-8-5-2)33(29,30)20-13-14-21-22(17-20)32-24(25-21)26-23(28)18-9-11-19(12-10-18)31-6-3/h9-14,17H,4-8,15-16H2,1-3H3,(H,25,26,28). The smallest absolute Gasteiger partial charge is 0.257 e. The molecule has 0 saturated carbocycles. The fourth-order valence-corrected chi connectivity index (χ4v) is 5.85. The Balaban J connectivity index is 1.79. The number of ether oxygens (including phenoxy) is 1. The molecule has 178 valence electrons. The first-order chi connectivity index (χ1) is 15.9. The molecule has 0 spiro atoms. The van der Waals surface area contributed by atoms with E-state index in [0.717, 1.165) is 25.7 Å². The number of nitrogens with one attached hydrogen (secondary N) is 1. The molecule has 0 aliphatic heterocycles. The lowest BCUT2D eigenvalue weighted by molar-refractivity contribution is 0.102. The number of carbonyl (C=O) groups is 1. The third-order valence-electron chi connectivity index (χ3n) is 5.17. The molecule has 2 aromatic carbocycles. The fourth-order valence-electron chi connectivity index (χ4n) is 3.33. The van der Waals surface area contributed by atoms with Crippen molar-refractivity contribution in [2.75, 3.05) is 25.0 Å². The summed E-state index contributed by atoms with van der Waals surface area (Å²) in [6.45, 7) is 7.60. The van der Waals surface area contributed by atoms with Gasteiger partial charge in [0.1, 0.15) is 5.75 Å². The van der Waals surface area contributed by atoms with Crippen LogP contribution in [0, 0.1) is 0 Å². The second kappa shape index (κ2) is 11.6. The number of hydrogen-bond acceptors (Lipinski definition) is 6. The van der Waals surface area contributed by atoms with Crippen LogP contribution in [0.15, 0.2) is 47.4 Å². The molecule has 33 heavy (non-hydrogen) atoms. The molecule has 0 saturated heterocycles. The molecule has 9 heteroatoms. The summed E-state index contributed by atoms with van der Waals surface area (Å²) in [6.07, 6.45) is 3.52. The van der Waals surface area contributed by atoms with Crippen LogP contribution in [0.2, 0.25) is 0 Å². The summed E-state index contributed by atoms with van der Waals surface area (Å²) < 4.78 is 34.2. The van der Waals surface area contributed by atoms with Crippen LogP contribution in [0.5, 0.6) is 5.75 Å². The summed E-state index contributed by atoms with van der Waals surface area (Å²) in [7, 11) is -3.59. The molecule has 1 N–H and O–H groups in total. The van der Waals surface area contributed by atoms with Gasteiger partial charge in [0.2, 0.25) is 10.0 Å². The van der Waals surface area contributed by atoms with E-state index in [4.69, 9.17) is 4.74 Å². The predicted octanol–water partition coefficient (Wildman–Crippen LogP) is 5.54.